The minimum Gasteiger partial charge on any atom is -0.380 e. The molecule has 0 unspecified atom stereocenters. The quantitative estimate of drug-likeness (QED) is 0.901. The van der Waals surface area contributed by atoms with E-state index in [9.17, 15) is 4.39 Å². The molecule has 2 rings (SSSR count). The van der Waals surface area contributed by atoms with E-state index >= 15 is 0 Å². The monoisotopic (exact) mass is 244 g/mol. The molecule has 0 saturated carbocycles. The number of aromatic nitrogens is 2. The molecule has 1 aromatic heterocycles. The Morgan fingerprint density at radius 2 is 2.28 bits per heavy atom. The number of nitrogens with one attached hydrogen (secondary N) is 1. The van der Waals surface area contributed by atoms with E-state index in [1.807, 2.05) is 20.0 Å². The summed E-state index contributed by atoms with van der Waals surface area (Å²) in [4.78, 5) is 0. The maximum atomic E-state index is 13.0. The third-order valence-corrected chi connectivity index (χ3v) is 2.91. The molecule has 0 fully saturated rings. The molecule has 4 nitrogen and oxygen atoms in total. The van der Waals surface area contributed by atoms with Gasteiger partial charge in [0.15, 0.2) is 0 Å². The predicted molar refractivity (Wildman–Crippen MR) is 66.4 cm³/mol. The average molecular weight is 244 g/mol. The maximum absolute atomic E-state index is 13.0. The molecule has 0 aliphatic carbocycles. The number of nitrogens with zero attached hydrogens (tertiary/aromatic N) is 3. The Hall–Kier alpha value is -2.35. The third kappa shape index (κ3) is 2.33. The first kappa shape index (κ1) is 12.1. The lowest BCUT2D eigenvalue weighted by molar-refractivity contribution is 0.627. The molecule has 1 aromatic carbocycles. The highest BCUT2D eigenvalue weighted by Crippen LogP contribution is 2.17. The van der Waals surface area contributed by atoms with Gasteiger partial charge in [-0.15, -0.1) is 0 Å². The Bertz CT molecular complexity index is 610. The standard InChI is InChI=1S/C13H13FN4/c1-9-11(8-17-18(9)2)7-16-13-4-3-12(14)5-10(13)6-15/h3-5,8,16H,7H2,1-2H3. The lowest BCUT2D eigenvalue weighted by atomic mass is 10.2. The van der Waals surface area contributed by atoms with E-state index in [-0.39, 0.29) is 0 Å². The van der Waals surface area contributed by atoms with Gasteiger partial charge in [0.05, 0.1) is 17.4 Å². The molecule has 18 heavy (non-hydrogen) atoms. The lowest BCUT2D eigenvalue weighted by Crippen LogP contribution is -2.03. The lowest BCUT2D eigenvalue weighted by Gasteiger charge is -2.07. The molecule has 0 saturated heterocycles. The molecule has 0 radical (unpaired) electrons. The third-order valence-electron chi connectivity index (χ3n) is 2.91. The fraction of sp³-hybridized carbons (Fsp3) is 0.231. The number of anilines is 1. The molecule has 0 aliphatic heterocycles. The fourth-order valence-corrected chi connectivity index (χ4v) is 1.67. The number of aryl methyl sites for hydroxylation is 1. The van der Waals surface area contributed by atoms with Gasteiger partial charge in [0.2, 0.25) is 0 Å². The summed E-state index contributed by atoms with van der Waals surface area (Å²) in [5.74, 6) is -0.408. The van der Waals surface area contributed by atoms with Crippen LogP contribution in [0.2, 0.25) is 0 Å². The smallest absolute Gasteiger partial charge is 0.124 e. The zero-order chi connectivity index (χ0) is 13.1. The van der Waals surface area contributed by atoms with Gasteiger partial charge < -0.3 is 5.32 Å². The zero-order valence-electron chi connectivity index (χ0n) is 10.2. The fourth-order valence-electron chi connectivity index (χ4n) is 1.67. The van der Waals surface area contributed by atoms with Gasteiger partial charge in [0.1, 0.15) is 11.9 Å². The first-order valence-electron chi connectivity index (χ1n) is 5.53. The van der Waals surface area contributed by atoms with Crippen molar-refractivity contribution in [3.63, 3.8) is 0 Å². The second kappa shape index (κ2) is 4.88. The second-order valence-corrected chi connectivity index (χ2v) is 4.03. The average Bonchev–Trinajstić information content (AvgIpc) is 2.68. The highest BCUT2D eigenvalue weighted by Gasteiger charge is 2.06. The van der Waals surface area contributed by atoms with Crippen LogP contribution in [0.25, 0.3) is 0 Å². The maximum Gasteiger partial charge on any atom is 0.124 e. The molecule has 0 atom stereocenters. The van der Waals surface area contributed by atoms with Gasteiger partial charge in [-0.05, 0) is 25.1 Å². The van der Waals surface area contributed by atoms with Crippen molar-refractivity contribution in [3.8, 4) is 6.07 Å². The van der Waals surface area contributed by atoms with Crippen molar-refractivity contribution in [1.29, 1.82) is 5.26 Å². The summed E-state index contributed by atoms with van der Waals surface area (Å²) in [5.41, 5.74) is 3.03. The van der Waals surface area contributed by atoms with E-state index in [2.05, 4.69) is 10.4 Å². The van der Waals surface area contributed by atoms with E-state index in [1.165, 1.54) is 12.1 Å². The predicted octanol–water partition coefficient (Wildman–Crippen LogP) is 2.35. The molecule has 0 bridgehead atoms. The summed E-state index contributed by atoms with van der Waals surface area (Å²) in [6, 6.07) is 6.09. The van der Waals surface area contributed by atoms with Crippen molar-refractivity contribution in [2.24, 2.45) is 7.05 Å². The summed E-state index contributed by atoms with van der Waals surface area (Å²) in [6.45, 7) is 2.53. The second-order valence-electron chi connectivity index (χ2n) is 4.03. The van der Waals surface area contributed by atoms with E-state index in [4.69, 9.17) is 5.26 Å². The van der Waals surface area contributed by atoms with Gasteiger partial charge in [0, 0.05) is 24.8 Å². The SMILES string of the molecule is Cc1c(CNc2ccc(F)cc2C#N)cnn1C. The van der Waals surface area contributed by atoms with Crippen LogP contribution in [0.3, 0.4) is 0 Å². The van der Waals surface area contributed by atoms with Gasteiger partial charge in [-0.25, -0.2) is 4.39 Å². The molecule has 0 amide bonds. The van der Waals surface area contributed by atoms with Crippen LogP contribution in [0.4, 0.5) is 10.1 Å². The summed E-state index contributed by atoms with van der Waals surface area (Å²) in [7, 11) is 1.87. The van der Waals surface area contributed by atoms with Gasteiger partial charge in [-0.2, -0.15) is 10.4 Å². The molecular weight excluding hydrogens is 231 g/mol. The van der Waals surface area contributed by atoms with Crippen LogP contribution in [0.5, 0.6) is 0 Å². The van der Waals surface area contributed by atoms with Crippen molar-refractivity contribution in [2.45, 2.75) is 13.5 Å². The highest BCUT2D eigenvalue weighted by atomic mass is 19.1. The summed E-state index contributed by atoms with van der Waals surface area (Å²) in [6.07, 6.45) is 1.78. The Kier molecular flexibility index (Phi) is 3.28. The van der Waals surface area contributed by atoms with Crippen molar-refractivity contribution >= 4 is 5.69 Å². The molecule has 0 aliphatic rings. The van der Waals surface area contributed by atoms with Crippen molar-refractivity contribution in [2.75, 3.05) is 5.32 Å². The molecule has 2 aromatic rings. The van der Waals surface area contributed by atoms with E-state index < -0.39 is 5.82 Å². The van der Waals surface area contributed by atoms with Gasteiger partial charge in [0.25, 0.3) is 0 Å². The Morgan fingerprint density at radius 3 is 2.89 bits per heavy atom. The normalized spacial score (nSPS) is 10.1. The van der Waals surface area contributed by atoms with Crippen LogP contribution in [-0.2, 0) is 13.6 Å². The zero-order valence-corrected chi connectivity index (χ0v) is 10.2. The minimum atomic E-state index is -0.408. The number of nitriles is 1. The minimum absolute atomic E-state index is 0.302. The summed E-state index contributed by atoms with van der Waals surface area (Å²) >= 11 is 0. The highest BCUT2D eigenvalue weighted by molar-refractivity contribution is 5.57. The summed E-state index contributed by atoms with van der Waals surface area (Å²) < 4.78 is 14.8. The Labute approximate surface area is 105 Å². The van der Waals surface area contributed by atoms with E-state index in [1.54, 1.807) is 16.9 Å². The number of hydrogen-bond acceptors (Lipinski definition) is 3. The number of halogens is 1. The molecule has 0 spiro atoms. The Balaban J connectivity index is 2.16. The van der Waals surface area contributed by atoms with Crippen LogP contribution in [0.15, 0.2) is 24.4 Å². The Morgan fingerprint density at radius 1 is 1.50 bits per heavy atom. The van der Waals surface area contributed by atoms with Crippen LogP contribution < -0.4 is 5.32 Å². The van der Waals surface area contributed by atoms with Crippen molar-refractivity contribution < 1.29 is 4.39 Å². The van der Waals surface area contributed by atoms with Crippen LogP contribution in [0.1, 0.15) is 16.8 Å². The van der Waals surface area contributed by atoms with Crippen LogP contribution in [-0.4, -0.2) is 9.78 Å². The number of rotatable bonds is 3. The van der Waals surface area contributed by atoms with Crippen LogP contribution in [0, 0.1) is 24.1 Å². The van der Waals surface area contributed by atoms with Crippen LogP contribution >= 0.6 is 0 Å². The largest absolute Gasteiger partial charge is 0.380 e. The van der Waals surface area contributed by atoms with Crippen molar-refractivity contribution in [3.05, 3.63) is 47.0 Å². The number of benzene rings is 1. The topological polar surface area (TPSA) is 53.6 Å². The van der Waals surface area contributed by atoms with E-state index in [0.29, 0.717) is 17.8 Å². The molecule has 92 valence electrons. The van der Waals surface area contributed by atoms with Gasteiger partial charge in [-0.3, -0.25) is 4.68 Å². The van der Waals surface area contributed by atoms with Gasteiger partial charge >= 0.3 is 0 Å². The number of hydrogen-bond donors (Lipinski definition) is 1. The first-order chi connectivity index (χ1) is 8.61. The van der Waals surface area contributed by atoms with E-state index in [0.717, 1.165) is 11.3 Å². The van der Waals surface area contributed by atoms with Gasteiger partial charge in [-0.1, -0.05) is 0 Å². The molecule has 1 heterocycles. The molecule has 5 heteroatoms. The first-order valence-corrected chi connectivity index (χ1v) is 5.53. The van der Waals surface area contributed by atoms with Crippen molar-refractivity contribution in [1.82, 2.24) is 9.78 Å². The molecular formula is C13H13FN4. The summed E-state index contributed by atoms with van der Waals surface area (Å²) in [5, 5.41) is 16.2. The molecule has 1 N–H and O–H groups in total.